The SMILES string of the molecule is CCOc1ccc(-c2cc(C(=O)Nc3ccc(SC)cc3)[nH]n2)cc1. The highest BCUT2D eigenvalue weighted by atomic mass is 32.2. The molecule has 1 heterocycles. The van der Waals surface area contributed by atoms with Crippen LogP contribution in [0.25, 0.3) is 11.3 Å². The van der Waals surface area contributed by atoms with E-state index in [1.807, 2.05) is 61.7 Å². The monoisotopic (exact) mass is 353 g/mol. The van der Waals surface area contributed by atoms with E-state index < -0.39 is 0 Å². The van der Waals surface area contributed by atoms with Crippen molar-refractivity contribution in [3.05, 3.63) is 60.3 Å². The summed E-state index contributed by atoms with van der Waals surface area (Å²) >= 11 is 1.66. The van der Waals surface area contributed by atoms with Crippen molar-refractivity contribution in [3.8, 4) is 17.0 Å². The van der Waals surface area contributed by atoms with Gasteiger partial charge in [0.2, 0.25) is 0 Å². The van der Waals surface area contributed by atoms with Crippen molar-refractivity contribution < 1.29 is 9.53 Å². The van der Waals surface area contributed by atoms with Gasteiger partial charge in [-0.15, -0.1) is 11.8 Å². The average Bonchev–Trinajstić information content (AvgIpc) is 3.13. The zero-order chi connectivity index (χ0) is 17.6. The second-order valence-corrected chi connectivity index (χ2v) is 6.19. The van der Waals surface area contributed by atoms with Crippen LogP contribution in [-0.4, -0.2) is 29.0 Å². The number of carbonyl (C=O) groups is 1. The smallest absolute Gasteiger partial charge is 0.273 e. The molecule has 0 radical (unpaired) electrons. The fraction of sp³-hybridized carbons (Fsp3) is 0.158. The van der Waals surface area contributed by atoms with Crippen molar-refractivity contribution in [1.29, 1.82) is 0 Å². The van der Waals surface area contributed by atoms with E-state index in [1.165, 1.54) is 0 Å². The minimum absolute atomic E-state index is 0.221. The van der Waals surface area contributed by atoms with Crippen LogP contribution in [0, 0.1) is 0 Å². The number of thioether (sulfide) groups is 1. The molecular weight excluding hydrogens is 334 g/mol. The van der Waals surface area contributed by atoms with E-state index >= 15 is 0 Å². The predicted octanol–water partition coefficient (Wildman–Crippen LogP) is 4.45. The Kier molecular flexibility index (Phi) is 5.40. The first-order valence-electron chi connectivity index (χ1n) is 7.93. The fourth-order valence-corrected chi connectivity index (χ4v) is 2.76. The summed E-state index contributed by atoms with van der Waals surface area (Å²) in [5.41, 5.74) is 2.80. The molecule has 0 aliphatic heterocycles. The molecule has 3 aromatic rings. The first-order valence-corrected chi connectivity index (χ1v) is 9.16. The van der Waals surface area contributed by atoms with Gasteiger partial charge in [-0.3, -0.25) is 9.89 Å². The largest absolute Gasteiger partial charge is 0.494 e. The molecule has 5 nitrogen and oxygen atoms in total. The molecule has 0 fully saturated rings. The lowest BCUT2D eigenvalue weighted by molar-refractivity contribution is 0.102. The van der Waals surface area contributed by atoms with Crippen LogP contribution in [-0.2, 0) is 0 Å². The molecular formula is C19H19N3O2S. The summed E-state index contributed by atoms with van der Waals surface area (Å²) in [6, 6.07) is 17.1. The van der Waals surface area contributed by atoms with E-state index in [-0.39, 0.29) is 5.91 Å². The number of ether oxygens (including phenoxy) is 1. The number of anilines is 1. The molecule has 0 unspecified atom stereocenters. The van der Waals surface area contributed by atoms with Gasteiger partial charge in [-0.05, 0) is 67.8 Å². The van der Waals surface area contributed by atoms with Gasteiger partial charge in [0, 0.05) is 16.1 Å². The Bertz CT molecular complexity index is 842. The molecule has 0 saturated carbocycles. The highest BCUT2D eigenvalue weighted by molar-refractivity contribution is 7.98. The van der Waals surface area contributed by atoms with Gasteiger partial charge in [-0.25, -0.2) is 0 Å². The second-order valence-electron chi connectivity index (χ2n) is 5.31. The molecule has 0 atom stereocenters. The van der Waals surface area contributed by atoms with Crippen molar-refractivity contribution in [3.63, 3.8) is 0 Å². The van der Waals surface area contributed by atoms with Gasteiger partial charge in [0.05, 0.1) is 12.3 Å². The summed E-state index contributed by atoms with van der Waals surface area (Å²) in [6.07, 6.45) is 2.01. The lowest BCUT2D eigenvalue weighted by Crippen LogP contribution is -2.12. The van der Waals surface area contributed by atoms with E-state index in [1.54, 1.807) is 17.8 Å². The number of nitrogens with zero attached hydrogens (tertiary/aromatic N) is 1. The van der Waals surface area contributed by atoms with Crippen LogP contribution in [0.4, 0.5) is 5.69 Å². The number of benzene rings is 2. The number of hydrogen-bond donors (Lipinski definition) is 2. The van der Waals surface area contributed by atoms with Crippen molar-refractivity contribution in [2.45, 2.75) is 11.8 Å². The summed E-state index contributed by atoms with van der Waals surface area (Å²) in [4.78, 5) is 13.5. The third kappa shape index (κ3) is 4.22. The third-order valence-corrected chi connectivity index (χ3v) is 4.38. The van der Waals surface area contributed by atoms with E-state index in [2.05, 4.69) is 15.5 Å². The minimum atomic E-state index is -0.221. The van der Waals surface area contributed by atoms with Crippen molar-refractivity contribution in [2.75, 3.05) is 18.2 Å². The summed E-state index contributed by atoms with van der Waals surface area (Å²) in [7, 11) is 0. The Morgan fingerprint density at radius 2 is 1.88 bits per heavy atom. The lowest BCUT2D eigenvalue weighted by atomic mass is 10.1. The average molecular weight is 353 g/mol. The highest BCUT2D eigenvalue weighted by Crippen LogP contribution is 2.22. The van der Waals surface area contributed by atoms with Gasteiger partial charge in [-0.2, -0.15) is 5.10 Å². The fourth-order valence-electron chi connectivity index (χ4n) is 2.35. The van der Waals surface area contributed by atoms with Crippen molar-refractivity contribution in [2.24, 2.45) is 0 Å². The van der Waals surface area contributed by atoms with E-state index in [0.29, 0.717) is 18.0 Å². The molecule has 2 N–H and O–H groups in total. The second kappa shape index (κ2) is 7.90. The quantitative estimate of drug-likeness (QED) is 0.643. The number of carbonyl (C=O) groups excluding carboxylic acids is 1. The number of nitrogens with one attached hydrogen (secondary N) is 2. The van der Waals surface area contributed by atoms with Crippen LogP contribution in [0.1, 0.15) is 17.4 Å². The summed E-state index contributed by atoms with van der Waals surface area (Å²) < 4.78 is 5.43. The Balaban J connectivity index is 1.70. The molecule has 25 heavy (non-hydrogen) atoms. The Labute approximate surface area is 150 Å². The number of amides is 1. The first kappa shape index (κ1) is 17.1. The summed E-state index contributed by atoms with van der Waals surface area (Å²) in [5, 5.41) is 9.87. The van der Waals surface area contributed by atoms with Crippen molar-refractivity contribution in [1.82, 2.24) is 10.2 Å². The molecule has 6 heteroatoms. The number of rotatable bonds is 6. The van der Waals surface area contributed by atoms with Crippen LogP contribution < -0.4 is 10.1 Å². The summed E-state index contributed by atoms with van der Waals surface area (Å²) in [5.74, 6) is 0.593. The Morgan fingerprint density at radius 1 is 1.16 bits per heavy atom. The Morgan fingerprint density at radius 3 is 2.52 bits per heavy atom. The lowest BCUT2D eigenvalue weighted by Gasteiger charge is -2.04. The first-order chi connectivity index (χ1) is 12.2. The molecule has 1 aromatic heterocycles. The van der Waals surface area contributed by atoms with E-state index in [9.17, 15) is 4.79 Å². The molecule has 128 valence electrons. The maximum Gasteiger partial charge on any atom is 0.273 e. The molecule has 1 amide bonds. The van der Waals surface area contributed by atoms with Gasteiger partial charge in [0.25, 0.3) is 5.91 Å². The predicted molar refractivity (Wildman–Crippen MR) is 101 cm³/mol. The topological polar surface area (TPSA) is 67.0 Å². The number of H-pyrrole nitrogens is 1. The molecule has 0 aliphatic rings. The standard InChI is InChI=1S/C19H19N3O2S/c1-3-24-15-8-4-13(5-9-15)17-12-18(22-21-17)19(23)20-14-6-10-16(25-2)11-7-14/h4-12H,3H2,1-2H3,(H,20,23)(H,21,22). The van der Waals surface area contributed by atoms with Gasteiger partial charge in [-0.1, -0.05) is 0 Å². The van der Waals surface area contributed by atoms with E-state index in [4.69, 9.17) is 4.74 Å². The van der Waals surface area contributed by atoms with E-state index in [0.717, 1.165) is 21.9 Å². The van der Waals surface area contributed by atoms with Crippen LogP contribution in [0.2, 0.25) is 0 Å². The summed E-state index contributed by atoms with van der Waals surface area (Å²) in [6.45, 7) is 2.57. The molecule has 0 aliphatic carbocycles. The minimum Gasteiger partial charge on any atom is -0.494 e. The normalized spacial score (nSPS) is 10.5. The molecule has 2 aromatic carbocycles. The van der Waals surface area contributed by atoms with Gasteiger partial charge >= 0.3 is 0 Å². The number of aromatic amines is 1. The third-order valence-electron chi connectivity index (χ3n) is 3.63. The van der Waals surface area contributed by atoms with Gasteiger partial charge < -0.3 is 10.1 Å². The Hall–Kier alpha value is -2.73. The van der Waals surface area contributed by atoms with Gasteiger partial charge in [0.1, 0.15) is 11.4 Å². The van der Waals surface area contributed by atoms with Gasteiger partial charge in [0.15, 0.2) is 0 Å². The van der Waals surface area contributed by atoms with Crippen LogP contribution in [0.3, 0.4) is 0 Å². The molecule has 0 saturated heterocycles. The molecule has 0 spiro atoms. The van der Waals surface area contributed by atoms with Crippen LogP contribution >= 0.6 is 11.8 Å². The van der Waals surface area contributed by atoms with Crippen LogP contribution in [0.15, 0.2) is 59.5 Å². The van der Waals surface area contributed by atoms with Crippen molar-refractivity contribution >= 4 is 23.4 Å². The molecule has 3 rings (SSSR count). The zero-order valence-corrected chi connectivity index (χ0v) is 14.9. The van der Waals surface area contributed by atoms with Crippen LogP contribution in [0.5, 0.6) is 5.75 Å². The maximum absolute atomic E-state index is 12.3. The maximum atomic E-state index is 12.3. The number of aromatic nitrogens is 2. The number of hydrogen-bond acceptors (Lipinski definition) is 4. The molecule has 0 bridgehead atoms. The zero-order valence-electron chi connectivity index (χ0n) is 14.1. The highest BCUT2D eigenvalue weighted by Gasteiger charge is 2.11.